The zero-order valence-corrected chi connectivity index (χ0v) is 12.4. The van der Waals surface area contributed by atoms with Crippen LogP contribution in [-0.4, -0.2) is 31.3 Å². The summed E-state index contributed by atoms with van der Waals surface area (Å²) in [7, 11) is 0. The van der Waals surface area contributed by atoms with Gasteiger partial charge in [0.2, 0.25) is 5.91 Å². The molecule has 0 saturated carbocycles. The number of ether oxygens (including phenoxy) is 2. The van der Waals surface area contributed by atoms with E-state index >= 15 is 0 Å². The van der Waals surface area contributed by atoms with Gasteiger partial charge in [-0.1, -0.05) is 12.1 Å². The summed E-state index contributed by atoms with van der Waals surface area (Å²) in [6, 6.07) is 7.41. The first-order valence-corrected chi connectivity index (χ1v) is 6.71. The topological polar surface area (TPSA) is 73.6 Å². The van der Waals surface area contributed by atoms with Crippen molar-refractivity contribution in [3.8, 4) is 0 Å². The summed E-state index contributed by atoms with van der Waals surface area (Å²) in [5, 5.41) is 2.75. The number of rotatable bonds is 7. The van der Waals surface area contributed by atoms with Gasteiger partial charge < -0.3 is 20.5 Å². The van der Waals surface area contributed by atoms with Crippen molar-refractivity contribution in [2.45, 2.75) is 32.9 Å². The smallest absolute Gasteiger partial charge is 0.250 e. The number of carbonyl (C=O) groups is 1. The van der Waals surface area contributed by atoms with Crippen LogP contribution < -0.4 is 11.1 Å². The number of hydrogen-bond donors (Lipinski definition) is 2. The zero-order valence-electron chi connectivity index (χ0n) is 12.4. The van der Waals surface area contributed by atoms with Crippen LogP contribution in [0, 0.1) is 0 Å². The molecule has 0 aliphatic carbocycles. The van der Waals surface area contributed by atoms with E-state index in [-0.39, 0.29) is 18.1 Å². The van der Waals surface area contributed by atoms with Gasteiger partial charge in [0.1, 0.15) is 6.61 Å². The normalized spacial score (nSPS) is 11.4. The maximum absolute atomic E-state index is 11.6. The van der Waals surface area contributed by atoms with Gasteiger partial charge in [-0.2, -0.15) is 0 Å². The maximum atomic E-state index is 11.6. The highest BCUT2D eigenvalue weighted by atomic mass is 16.5. The van der Waals surface area contributed by atoms with Gasteiger partial charge in [0.25, 0.3) is 0 Å². The Kier molecular flexibility index (Phi) is 6.64. The molecule has 1 amide bonds. The lowest BCUT2D eigenvalue weighted by Gasteiger charge is -2.19. The molecule has 1 aromatic rings. The third-order valence-electron chi connectivity index (χ3n) is 2.47. The number of nitrogens with two attached hydrogens (primary N) is 1. The fourth-order valence-corrected chi connectivity index (χ4v) is 1.49. The van der Waals surface area contributed by atoms with Crippen LogP contribution in [0.1, 0.15) is 26.3 Å². The number of nitrogens with one attached hydrogen (secondary N) is 1. The second kappa shape index (κ2) is 7.99. The van der Waals surface area contributed by atoms with Crippen molar-refractivity contribution in [2.75, 3.05) is 25.1 Å². The number of anilines is 1. The average molecular weight is 280 g/mol. The van der Waals surface area contributed by atoms with E-state index in [2.05, 4.69) is 5.32 Å². The Morgan fingerprint density at radius 1 is 1.20 bits per heavy atom. The average Bonchev–Trinajstić information content (AvgIpc) is 2.38. The lowest BCUT2D eigenvalue weighted by Crippen LogP contribution is -2.24. The van der Waals surface area contributed by atoms with Gasteiger partial charge in [-0.15, -0.1) is 0 Å². The van der Waals surface area contributed by atoms with Crippen LogP contribution in [0.25, 0.3) is 0 Å². The molecule has 1 aromatic carbocycles. The zero-order chi connectivity index (χ0) is 15.0. The third-order valence-corrected chi connectivity index (χ3v) is 2.47. The van der Waals surface area contributed by atoms with Crippen molar-refractivity contribution in [1.29, 1.82) is 0 Å². The van der Waals surface area contributed by atoms with Crippen molar-refractivity contribution in [1.82, 2.24) is 0 Å². The number of benzene rings is 1. The van der Waals surface area contributed by atoms with Gasteiger partial charge in [-0.05, 0) is 38.5 Å². The van der Waals surface area contributed by atoms with E-state index in [1.807, 2.05) is 45.0 Å². The second-order valence-electron chi connectivity index (χ2n) is 5.46. The molecule has 0 saturated heterocycles. The van der Waals surface area contributed by atoms with Gasteiger partial charge in [0.15, 0.2) is 0 Å². The highest BCUT2D eigenvalue weighted by Gasteiger charge is 2.09. The van der Waals surface area contributed by atoms with Crippen LogP contribution in [0.4, 0.5) is 5.69 Å². The predicted octanol–water partition coefficient (Wildman–Crippen LogP) is 1.92. The lowest BCUT2D eigenvalue weighted by atomic mass is 10.2. The molecule has 0 bridgehead atoms. The molecule has 0 aliphatic rings. The van der Waals surface area contributed by atoms with Gasteiger partial charge in [-0.25, -0.2) is 0 Å². The van der Waals surface area contributed by atoms with E-state index in [1.165, 1.54) is 0 Å². The number of carbonyl (C=O) groups excluding carboxylic acids is 1. The van der Waals surface area contributed by atoms with Crippen LogP contribution >= 0.6 is 0 Å². The Labute approximate surface area is 120 Å². The lowest BCUT2D eigenvalue weighted by molar-refractivity contribution is -0.121. The summed E-state index contributed by atoms with van der Waals surface area (Å²) < 4.78 is 10.7. The molecule has 0 aliphatic heterocycles. The molecule has 0 spiro atoms. The monoisotopic (exact) mass is 280 g/mol. The summed E-state index contributed by atoms with van der Waals surface area (Å²) in [5.41, 5.74) is 7.09. The molecule has 0 radical (unpaired) electrons. The molecule has 20 heavy (non-hydrogen) atoms. The van der Waals surface area contributed by atoms with Crippen molar-refractivity contribution in [3.05, 3.63) is 29.8 Å². The molecule has 1 rings (SSSR count). The fraction of sp³-hybridized carbons (Fsp3) is 0.533. The van der Waals surface area contributed by atoms with Gasteiger partial charge in [0.05, 0.1) is 18.8 Å². The Hall–Kier alpha value is -1.43. The van der Waals surface area contributed by atoms with Crippen LogP contribution in [0.5, 0.6) is 0 Å². The van der Waals surface area contributed by atoms with E-state index < -0.39 is 0 Å². The largest absolute Gasteiger partial charge is 0.373 e. The molecule has 3 N–H and O–H groups in total. The Morgan fingerprint density at radius 3 is 2.40 bits per heavy atom. The highest BCUT2D eigenvalue weighted by Crippen LogP contribution is 2.09. The quantitative estimate of drug-likeness (QED) is 0.748. The summed E-state index contributed by atoms with van der Waals surface area (Å²) in [6.07, 6.45) is 0. The Bertz CT molecular complexity index is 410. The first-order valence-electron chi connectivity index (χ1n) is 6.71. The van der Waals surface area contributed by atoms with Gasteiger partial charge in [0, 0.05) is 12.2 Å². The van der Waals surface area contributed by atoms with E-state index in [9.17, 15) is 4.79 Å². The molecule has 0 aromatic heterocycles. The van der Waals surface area contributed by atoms with Crippen LogP contribution in [0.15, 0.2) is 24.3 Å². The first kappa shape index (κ1) is 16.6. The van der Waals surface area contributed by atoms with Crippen LogP contribution in [-0.2, 0) is 20.8 Å². The van der Waals surface area contributed by atoms with Crippen molar-refractivity contribution >= 4 is 11.6 Å². The van der Waals surface area contributed by atoms with E-state index in [4.69, 9.17) is 15.2 Å². The molecule has 0 heterocycles. The van der Waals surface area contributed by atoms with E-state index in [0.717, 1.165) is 11.3 Å². The van der Waals surface area contributed by atoms with Crippen LogP contribution in [0.3, 0.4) is 0 Å². The maximum Gasteiger partial charge on any atom is 0.250 e. The summed E-state index contributed by atoms with van der Waals surface area (Å²) in [5.74, 6) is -0.179. The standard InChI is InChI=1S/C15H24N2O3/c1-15(2,3)20-9-8-19-11-14(18)17-13-6-4-12(10-16)5-7-13/h4-7H,8-11,16H2,1-3H3,(H,17,18). The SMILES string of the molecule is CC(C)(C)OCCOCC(=O)Nc1ccc(CN)cc1. The van der Waals surface area contributed by atoms with Crippen LogP contribution in [0.2, 0.25) is 0 Å². The first-order chi connectivity index (χ1) is 9.40. The molecule has 0 unspecified atom stereocenters. The predicted molar refractivity (Wildman–Crippen MR) is 79.5 cm³/mol. The summed E-state index contributed by atoms with van der Waals surface area (Å²) >= 11 is 0. The third kappa shape index (κ3) is 7.23. The molecule has 0 fully saturated rings. The molecular weight excluding hydrogens is 256 g/mol. The molecule has 0 atom stereocenters. The molecule has 5 nitrogen and oxygen atoms in total. The minimum Gasteiger partial charge on any atom is -0.373 e. The van der Waals surface area contributed by atoms with E-state index in [0.29, 0.717) is 19.8 Å². The Balaban J connectivity index is 2.19. The number of amides is 1. The molecule has 5 heteroatoms. The molecular formula is C15H24N2O3. The van der Waals surface area contributed by atoms with Gasteiger partial charge >= 0.3 is 0 Å². The summed E-state index contributed by atoms with van der Waals surface area (Å²) in [6.45, 7) is 7.32. The number of hydrogen-bond acceptors (Lipinski definition) is 4. The Morgan fingerprint density at radius 2 is 1.85 bits per heavy atom. The summed E-state index contributed by atoms with van der Waals surface area (Å²) in [4.78, 5) is 11.6. The van der Waals surface area contributed by atoms with Crippen molar-refractivity contribution in [3.63, 3.8) is 0 Å². The molecule has 112 valence electrons. The fourth-order valence-electron chi connectivity index (χ4n) is 1.49. The second-order valence-corrected chi connectivity index (χ2v) is 5.46. The van der Waals surface area contributed by atoms with Crippen molar-refractivity contribution < 1.29 is 14.3 Å². The van der Waals surface area contributed by atoms with Crippen molar-refractivity contribution in [2.24, 2.45) is 5.73 Å². The highest BCUT2D eigenvalue weighted by molar-refractivity contribution is 5.91. The van der Waals surface area contributed by atoms with E-state index in [1.54, 1.807) is 0 Å². The minimum absolute atomic E-state index is 0.0200. The minimum atomic E-state index is -0.184. The van der Waals surface area contributed by atoms with Gasteiger partial charge in [-0.3, -0.25) is 4.79 Å².